The molecule has 0 atom stereocenters. The molecule has 0 aromatic heterocycles. The van der Waals surface area contributed by atoms with E-state index in [4.69, 9.17) is 9.47 Å². The molecule has 1 aliphatic carbocycles. The van der Waals surface area contributed by atoms with E-state index in [1.807, 2.05) is 24.3 Å². The van der Waals surface area contributed by atoms with Crippen LogP contribution < -0.4 is 5.32 Å². The van der Waals surface area contributed by atoms with Crippen LogP contribution in [0.25, 0.3) is 11.1 Å². The second-order valence-corrected chi connectivity index (χ2v) is 7.12. The molecule has 1 amide bonds. The topological polar surface area (TPSA) is 67.8 Å². The molecular weight excluding hydrogens is 330 g/mol. The minimum atomic E-state index is -0.871. The number of alkyl carbamates (subject to hydrolysis) is 1. The highest BCUT2D eigenvalue weighted by Crippen LogP contribution is 2.44. The molecule has 3 rings (SSSR count). The van der Waals surface area contributed by atoms with Crippen molar-refractivity contribution in [3.63, 3.8) is 0 Å². The molecule has 0 fully saturated rings. The minimum Gasteiger partial charge on any atom is -0.449 e. The fourth-order valence-electron chi connectivity index (χ4n) is 3.20. The van der Waals surface area contributed by atoms with Crippen molar-refractivity contribution in [1.29, 1.82) is 0 Å². The van der Waals surface area contributed by atoms with Crippen LogP contribution in [-0.2, 0) is 9.47 Å². The molecular formula is C21H25NO4. The van der Waals surface area contributed by atoms with E-state index in [1.165, 1.54) is 22.3 Å². The smallest absolute Gasteiger partial charge is 0.407 e. The minimum absolute atomic E-state index is 0.0552. The predicted octanol–water partition coefficient (Wildman–Crippen LogP) is 3.31. The molecule has 0 spiro atoms. The average Bonchev–Trinajstić information content (AvgIpc) is 2.93. The third kappa shape index (κ3) is 4.42. The van der Waals surface area contributed by atoms with E-state index >= 15 is 0 Å². The monoisotopic (exact) mass is 355 g/mol. The molecule has 0 aliphatic heterocycles. The van der Waals surface area contributed by atoms with Gasteiger partial charge in [-0.25, -0.2) is 4.79 Å². The zero-order valence-electron chi connectivity index (χ0n) is 15.2. The number of carbonyl (C=O) groups excluding carboxylic acids is 1. The van der Waals surface area contributed by atoms with Crippen LogP contribution in [0.4, 0.5) is 4.79 Å². The lowest BCUT2D eigenvalue weighted by Crippen LogP contribution is -2.32. The highest BCUT2D eigenvalue weighted by atomic mass is 16.5. The van der Waals surface area contributed by atoms with Crippen molar-refractivity contribution in [3.8, 4) is 11.1 Å². The molecule has 138 valence electrons. The fourth-order valence-corrected chi connectivity index (χ4v) is 3.20. The lowest BCUT2D eigenvalue weighted by molar-refractivity contribution is -0.0195. The maximum atomic E-state index is 11.9. The van der Waals surface area contributed by atoms with Gasteiger partial charge in [0.15, 0.2) is 0 Å². The van der Waals surface area contributed by atoms with Crippen molar-refractivity contribution in [2.45, 2.75) is 25.4 Å². The van der Waals surface area contributed by atoms with Crippen LogP contribution in [-0.4, -0.2) is 43.2 Å². The lowest BCUT2D eigenvalue weighted by atomic mass is 9.98. The second kappa shape index (κ2) is 7.89. The Hall–Kier alpha value is -2.37. The van der Waals surface area contributed by atoms with Gasteiger partial charge in [-0.05, 0) is 36.1 Å². The lowest BCUT2D eigenvalue weighted by Gasteiger charge is -2.17. The number of rotatable bonds is 7. The van der Waals surface area contributed by atoms with E-state index in [-0.39, 0.29) is 12.5 Å². The van der Waals surface area contributed by atoms with Crippen LogP contribution >= 0.6 is 0 Å². The highest BCUT2D eigenvalue weighted by molar-refractivity contribution is 5.79. The van der Waals surface area contributed by atoms with E-state index in [9.17, 15) is 9.90 Å². The maximum absolute atomic E-state index is 11.9. The number of hydrogen-bond acceptors (Lipinski definition) is 4. The van der Waals surface area contributed by atoms with Crippen LogP contribution in [0.5, 0.6) is 0 Å². The van der Waals surface area contributed by atoms with Gasteiger partial charge in [0.25, 0.3) is 0 Å². The Morgan fingerprint density at radius 3 is 2.23 bits per heavy atom. The molecule has 5 heteroatoms. The Morgan fingerprint density at radius 2 is 1.65 bits per heavy atom. The second-order valence-electron chi connectivity index (χ2n) is 7.12. The molecule has 0 heterocycles. The van der Waals surface area contributed by atoms with Crippen molar-refractivity contribution in [1.82, 2.24) is 5.32 Å². The van der Waals surface area contributed by atoms with Crippen LogP contribution in [0, 0.1) is 0 Å². The van der Waals surface area contributed by atoms with Gasteiger partial charge in [0.2, 0.25) is 0 Å². The highest BCUT2D eigenvalue weighted by Gasteiger charge is 2.28. The van der Waals surface area contributed by atoms with Gasteiger partial charge in [-0.3, -0.25) is 0 Å². The van der Waals surface area contributed by atoms with E-state index in [1.54, 1.807) is 13.8 Å². The first-order valence-corrected chi connectivity index (χ1v) is 8.85. The largest absolute Gasteiger partial charge is 0.449 e. The van der Waals surface area contributed by atoms with E-state index < -0.39 is 11.7 Å². The quantitative estimate of drug-likeness (QED) is 0.748. The Kier molecular flexibility index (Phi) is 5.59. The Morgan fingerprint density at radius 1 is 1.08 bits per heavy atom. The normalized spacial score (nSPS) is 13.2. The molecule has 0 saturated carbocycles. The van der Waals surface area contributed by atoms with E-state index in [0.717, 1.165) is 0 Å². The molecule has 0 saturated heterocycles. The molecule has 5 nitrogen and oxygen atoms in total. The molecule has 26 heavy (non-hydrogen) atoms. The zero-order valence-corrected chi connectivity index (χ0v) is 15.2. The number of ether oxygens (including phenoxy) is 2. The molecule has 2 aromatic carbocycles. The van der Waals surface area contributed by atoms with Crippen molar-refractivity contribution in [2.75, 3.05) is 26.4 Å². The van der Waals surface area contributed by atoms with Crippen LogP contribution in [0.3, 0.4) is 0 Å². The number of aliphatic hydroxyl groups is 1. The van der Waals surface area contributed by atoms with Crippen molar-refractivity contribution >= 4 is 6.09 Å². The summed E-state index contributed by atoms with van der Waals surface area (Å²) in [7, 11) is 0. The third-order valence-electron chi connectivity index (χ3n) is 4.31. The number of amides is 1. The van der Waals surface area contributed by atoms with Crippen molar-refractivity contribution in [2.24, 2.45) is 0 Å². The first-order valence-electron chi connectivity index (χ1n) is 8.85. The van der Waals surface area contributed by atoms with Gasteiger partial charge in [0.05, 0.1) is 18.8 Å². The number of nitrogens with one attached hydrogen (secondary N) is 1. The Labute approximate surface area is 153 Å². The zero-order chi connectivity index (χ0) is 18.6. The average molecular weight is 355 g/mol. The summed E-state index contributed by atoms with van der Waals surface area (Å²) in [5, 5.41) is 12.2. The Bertz CT molecular complexity index is 721. The molecule has 2 aromatic rings. The van der Waals surface area contributed by atoms with Gasteiger partial charge in [0.1, 0.15) is 6.61 Å². The molecule has 0 radical (unpaired) electrons. The van der Waals surface area contributed by atoms with Gasteiger partial charge >= 0.3 is 6.09 Å². The van der Waals surface area contributed by atoms with Gasteiger partial charge in [0, 0.05) is 12.5 Å². The molecule has 2 N–H and O–H groups in total. The first kappa shape index (κ1) is 18.4. The van der Waals surface area contributed by atoms with E-state index in [2.05, 4.69) is 29.6 Å². The number of benzene rings is 2. The summed E-state index contributed by atoms with van der Waals surface area (Å²) in [6.07, 6.45) is -0.460. The predicted molar refractivity (Wildman–Crippen MR) is 100 cm³/mol. The van der Waals surface area contributed by atoms with Crippen molar-refractivity contribution < 1.29 is 19.4 Å². The summed E-state index contributed by atoms with van der Waals surface area (Å²) < 4.78 is 10.7. The van der Waals surface area contributed by atoms with Gasteiger partial charge in [-0.15, -0.1) is 0 Å². The van der Waals surface area contributed by atoms with Gasteiger partial charge in [-0.2, -0.15) is 0 Å². The van der Waals surface area contributed by atoms with E-state index in [0.29, 0.717) is 19.8 Å². The summed E-state index contributed by atoms with van der Waals surface area (Å²) >= 11 is 0. The number of carbonyl (C=O) groups is 1. The Balaban J connectivity index is 1.51. The van der Waals surface area contributed by atoms with Crippen LogP contribution in [0.2, 0.25) is 0 Å². The third-order valence-corrected chi connectivity index (χ3v) is 4.31. The van der Waals surface area contributed by atoms with Crippen molar-refractivity contribution in [3.05, 3.63) is 59.7 Å². The van der Waals surface area contributed by atoms with Crippen LogP contribution in [0.1, 0.15) is 30.9 Å². The SMILES string of the molecule is CC(C)(O)COCCNC(=O)OCC1c2ccccc2-c2ccccc21. The molecule has 1 aliphatic rings. The standard InChI is InChI=1S/C21H25NO4/c1-21(2,24)14-25-12-11-22-20(23)26-13-19-17-9-5-3-7-15(17)16-8-4-6-10-18(16)19/h3-10,19,24H,11-14H2,1-2H3,(H,22,23). The summed E-state index contributed by atoms with van der Waals surface area (Å²) in [6, 6.07) is 16.5. The van der Waals surface area contributed by atoms with Crippen LogP contribution in [0.15, 0.2) is 48.5 Å². The molecule has 0 unspecified atom stereocenters. The van der Waals surface area contributed by atoms with Gasteiger partial charge in [-0.1, -0.05) is 48.5 Å². The van der Waals surface area contributed by atoms with Gasteiger partial charge < -0.3 is 19.9 Å². The molecule has 0 bridgehead atoms. The summed E-state index contributed by atoms with van der Waals surface area (Å²) in [5.74, 6) is 0.0552. The first-order chi connectivity index (χ1) is 12.5. The summed E-state index contributed by atoms with van der Waals surface area (Å²) in [4.78, 5) is 11.9. The summed E-state index contributed by atoms with van der Waals surface area (Å²) in [5.41, 5.74) is 3.92. The number of hydrogen-bond donors (Lipinski definition) is 2. The fraction of sp³-hybridized carbons (Fsp3) is 0.381. The summed E-state index contributed by atoms with van der Waals surface area (Å²) in [6.45, 7) is 4.53. The maximum Gasteiger partial charge on any atom is 0.407 e. The number of fused-ring (bicyclic) bond motifs is 3.